The van der Waals surface area contributed by atoms with E-state index in [2.05, 4.69) is 22.2 Å². The first-order valence-corrected chi connectivity index (χ1v) is 10.7. The third-order valence-electron chi connectivity index (χ3n) is 5.41. The Labute approximate surface area is 168 Å². The zero-order valence-corrected chi connectivity index (χ0v) is 17.1. The van der Waals surface area contributed by atoms with Gasteiger partial charge in [-0.1, -0.05) is 36.8 Å². The Hall–Kier alpha value is -2.47. The van der Waals surface area contributed by atoms with E-state index in [4.69, 9.17) is 0 Å². The van der Waals surface area contributed by atoms with E-state index < -0.39 is 0 Å². The number of carbonyl (C=O) groups excluding carboxylic acids is 1. The minimum atomic E-state index is -0.0629. The molecule has 0 saturated carbocycles. The van der Waals surface area contributed by atoms with Crippen LogP contribution >= 0.6 is 11.3 Å². The lowest BCUT2D eigenvalue weighted by Crippen LogP contribution is -2.23. The van der Waals surface area contributed by atoms with Crippen molar-refractivity contribution >= 4 is 27.5 Å². The van der Waals surface area contributed by atoms with Crippen LogP contribution in [0.1, 0.15) is 47.2 Å². The van der Waals surface area contributed by atoms with Crippen LogP contribution in [-0.4, -0.2) is 15.9 Å². The lowest BCUT2D eigenvalue weighted by molar-refractivity contribution is -0.121. The number of amides is 1. The molecule has 1 aromatic carbocycles. The molecule has 0 saturated heterocycles. The Morgan fingerprint density at radius 1 is 1.32 bits per heavy atom. The quantitative estimate of drug-likeness (QED) is 0.692. The van der Waals surface area contributed by atoms with Crippen LogP contribution in [0, 0.1) is 12.8 Å². The van der Waals surface area contributed by atoms with Crippen molar-refractivity contribution in [2.75, 3.05) is 0 Å². The summed E-state index contributed by atoms with van der Waals surface area (Å²) < 4.78 is 0. The molecule has 2 heterocycles. The maximum Gasteiger partial charge on any atom is 0.259 e. The van der Waals surface area contributed by atoms with E-state index in [9.17, 15) is 9.59 Å². The predicted octanol–water partition coefficient (Wildman–Crippen LogP) is 3.67. The molecule has 1 aliphatic rings. The van der Waals surface area contributed by atoms with Gasteiger partial charge < -0.3 is 10.3 Å². The maximum atomic E-state index is 12.6. The van der Waals surface area contributed by atoms with E-state index in [1.165, 1.54) is 16.0 Å². The SMILES string of the molecule is Cc1ccc(CNC(=O)CCc2nc3sc4c(c3c(=O)[nH]2)CC[C@@H](C)C4)cc1. The molecular formula is C22H25N3O2S. The van der Waals surface area contributed by atoms with Gasteiger partial charge in [-0.15, -0.1) is 11.3 Å². The number of nitrogens with one attached hydrogen (secondary N) is 2. The Bertz CT molecular complexity index is 1070. The van der Waals surface area contributed by atoms with E-state index in [1.807, 2.05) is 31.2 Å². The number of aromatic nitrogens is 2. The fraction of sp³-hybridized carbons (Fsp3) is 0.409. The molecule has 0 radical (unpaired) electrons. The number of benzene rings is 1. The van der Waals surface area contributed by atoms with Crippen molar-refractivity contribution in [3.05, 3.63) is 62.0 Å². The largest absolute Gasteiger partial charge is 0.352 e. The van der Waals surface area contributed by atoms with Gasteiger partial charge in [-0.25, -0.2) is 4.98 Å². The number of aryl methyl sites for hydroxylation is 3. The average Bonchev–Trinajstić information content (AvgIpc) is 3.03. The molecule has 0 aliphatic heterocycles. The van der Waals surface area contributed by atoms with Gasteiger partial charge in [0.2, 0.25) is 5.91 Å². The molecule has 2 aromatic heterocycles. The molecule has 1 aliphatic carbocycles. The van der Waals surface area contributed by atoms with E-state index >= 15 is 0 Å². The molecule has 3 aromatic rings. The highest BCUT2D eigenvalue weighted by Gasteiger charge is 2.23. The number of carbonyl (C=O) groups is 1. The van der Waals surface area contributed by atoms with Gasteiger partial charge >= 0.3 is 0 Å². The van der Waals surface area contributed by atoms with E-state index in [0.717, 1.165) is 35.0 Å². The second-order valence-electron chi connectivity index (χ2n) is 7.81. The Morgan fingerprint density at radius 2 is 2.11 bits per heavy atom. The lowest BCUT2D eigenvalue weighted by Gasteiger charge is -2.17. The van der Waals surface area contributed by atoms with Crippen molar-refractivity contribution in [3.63, 3.8) is 0 Å². The molecule has 28 heavy (non-hydrogen) atoms. The van der Waals surface area contributed by atoms with E-state index in [0.29, 0.717) is 31.1 Å². The van der Waals surface area contributed by atoms with Gasteiger partial charge in [0.1, 0.15) is 10.7 Å². The molecule has 1 atom stereocenters. The monoisotopic (exact) mass is 395 g/mol. The van der Waals surface area contributed by atoms with Crippen LogP contribution in [0.25, 0.3) is 10.2 Å². The van der Waals surface area contributed by atoms with Gasteiger partial charge in [0.25, 0.3) is 5.56 Å². The third-order valence-corrected chi connectivity index (χ3v) is 6.56. The molecular weight excluding hydrogens is 370 g/mol. The normalized spacial score (nSPS) is 16.1. The van der Waals surface area contributed by atoms with Crippen molar-refractivity contribution in [1.29, 1.82) is 0 Å². The molecule has 146 valence electrons. The first-order valence-electron chi connectivity index (χ1n) is 9.85. The van der Waals surface area contributed by atoms with Crippen molar-refractivity contribution in [2.24, 2.45) is 5.92 Å². The highest BCUT2D eigenvalue weighted by molar-refractivity contribution is 7.18. The number of H-pyrrole nitrogens is 1. The number of nitrogens with zero attached hydrogens (tertiary/aromatic N) is 1. The molecule has 0 unspecified atom stereocenters. The van der Waals surface area contributed by atoms with Crippen molar-refractivity contribution in [1.82, 2.24) is 15.3 Å². The van der Waals surface area contributed by atoms with Crippen LogP contribution in [0.5, 0.6) is 0 Å². The smallest absolute Gasteiger partial charge is 0.259 e. The summed E-state index contributed by atoms with van der Waals surface area (Å²) in [6, 6.07) is 8.10. The summed E-state index contributed by atoms with van der Waals surface area (Å²) in [5, 5.41) is 3.69. The van der Waals surface area contributed by atoms with Gasteiger partial charge in [-0.2, -0.15) is 0 Å². The van der Waals surface area contributed by atoms with Crippen molar-refractivity contribution in [3.8, 4) is 0 Å². The van der Waals surface area contributed by atoms with Crippen molar-refractivity contribution < 1.29 is 4.79 Å². The molecule has 0 bridgehead atoms. The summed E-state index contributed by atoms with van der Waals surface area (Å²) in [5.41, 5.74) is 3.40. The van der Waals surface area contributed by atoms with Crippen LogP contribution < -0.4 is 10.9 Å². The number of hydrogen-bond acceptors (Lipinski definition) is 4. The van der Waals surface area contributed by atoms with Crippen LogP contribution in [0.15, 0.2) is 29.1 Å². The van der Waals surface area contributed by atoms with Gasteiger partial charge in [0.05, 0.1) is 5.39 Å². The van der Waals surface area contributed by atoms with Crippen molar-refractivity contribution in [2.45, 2.75) is 52.5 Å². The van der Waals surface area contributed by atoms with Gasteiger partial charge in [-0.05, 0) is 43.2 Å². The van der Waals surface area contributed by atoms with E-state index in [1.54, 1.807) is 11.3 Å². The Kier molecular flexibility index (Phi) is 5.31. The highest BCUT2D eigenvalue weighted by Crippen LogP contribution is 2.35. The minimum absolute atomic E-state index is 0.0392. The predicted molar refractivity (Wildman–Crippen MR) is 113 cm³/mol. The van der Waals surface area contributed by atoms with E-state index in [-0.39, 0.29) is 11.5 Å². The topological polar surface area (TPSA) is 74.8 Å². The molecule has 0 fully saturated rings. The zero-order valence-electron chi connectivity index (χ0n) is 16.3. The number of rotatable bonds is 5. The van der Waals surface area contributed by atoms with Crippen LogP contribution in [0.2, 0.25) is 0 Å². The second kappa shape index (κ2) is 7.87. The van der Waals surface area contributed by atoms with Crippen LogP contribution in [0.3, 0.4) is 0 Å². The van der Waals surface area contributed by atoms with Gasteiger partial charge in [0, 0.05) is 24.3 Å². The molecule has 1 amide bonds. The Morgan fingerprint density at radius 3 is 2.89 bits per heavy atom. The second-order valence-corrected chi connectivity index (χ2v) is 8.89. The molecule has 2 N–H and O–H groups in total. The van der Waals surface area contributed by atoms with Crippen LogP contribution in [0.4, 0.5) is 0 Å². The molecule has 5 nitrogen and oxygen atoms in total. The standard InChI is InChI=1S/C22H25N3O2S/c1-13-3-6-15(7-4-13)12-23-19(26)10-9-18-24-21(27)20-16-8-5-14(2)11-17(16)28-22(20)25-18/h3-4,6-7,14H,5,8-12H2,1-2H3,(H,23,26)(H,24,25,27)/t14-/m1/s1. The number of hydrogen-bond donors (Lipinski definition) is 2. The molecule has 6 heteroatoms. The Balaban J connectivity index is 1.41. The summed E-state index contributed by atoms with van der Waals surface area (Å²) in [6.45, 7) is 4.81. The summed E-state index contributed by atoms with van der Waals surface area (Å²) in [5.74, 6) is 1.22. The minimum Gasteiger partial charge on any atom is -0.352 e. The fourth-order valence-electron chi connectivity index (χ4n) is 3.74. The fourth-order valence-corrected chi connectivity index (χ4v) is 5.14. The highest BCUT2D eigenvalue weighted by atomic mass is 32.1. The zero-order chi connectivity index (χ0) is 19.7. The number of fused-ring (bicyclic) bond motifs is 3. The summed E-state index contributed by atoms with van der Waals surface area (Å²) >= 11 is 1.64. The summed E-state index contributed by atoms with van der Waals surface area (Å²) in [4.78, 5) is 34.4. The van der Waals surface area contributed by atoms with Gasteiger partial charge in [-0.3, -0.25) is 9.59 Å². The molecule has 0 spiro atoms. The average molecular weight is 396 g/mol. The first-order chi connectivity index (χ1) is 13.5. The third kappa shape index (κ3) is 4.02. The lowest BCUT2D eigenvalue weighted by atomic mass is 9.89. The summed E-state index contributed by atoms with van der Waals surface area (Å²) in [6.07, 6.45) is 3.86. The molecule has 4 rings (SSSR count). The number of aromatic amines is 1. The first kappa shape index (κ1) is 18.9. The maximum absolute atomic E-state index is 12.6. The van der Waals surface area contributed by atoms with Crippen LogP contribution in [-0.2, 0) is 30.6 Å². The number of thiophene rings is 1. The summed E-state index contributed by atoms with van der Waals surface area (Å²) in [7, 11) is 0. The van der Waals surface area contributed by atoms with Gasteiger partial charge in [0.15, 0.2) is 0 Å².